The van der Waals surface area contributed by atoms with Crippen LogP contribution in [-0.4, -0.2) is 34.7 Å². The highest BCUT2D eigenvalue weighted by Crippen LogP contribution is 2.35. The lowest BCUT2D eigenvalue weighted by Gasteiger charge is -2.37. The van der Waals surface area contributed by atoms with E-state index in [9.17, 15) is 19.8 Å². The zero-order valence-corrected chi connectivity index (χ0v) is 16.0. The highest BCUT2D eigenvalue weighted by Gasteiger charge is 2.47. The van der Waals surface area contributed by atoms with E-state index in [1.807, 2.05) is 20.8 Å². The van der Waals surface area contributed by atoms with Crippen LogP contribution in [0.5, 0.6) is 0 Å². The Morgan fingerprint density at radius 1 is 1.08 bits per heavy atom. The lowest BCUT2D eigenvalue weighted by Crippen LogP contribution is -2.49. The fourth-order valence-corrected chi connectivity index (χ4v) is 2.51. The summed E-state index contributed by atoms with van der Waals surface area (Å²) in [5, 5.41) is 20.5. The van der Waals surface area contributed by atoms with Gasteiger partial charge in [-0.1, -0.05) is 40.3 Å². The number of carbonyl (C=O) groups is 2. The number of rotatable bonds is 11. The molecule has 0 amide bonds. The van der Waals surface area contributed by atoms with E-state index in [2.05, 4.69) is 13.2 Å². The van der Waals surface area contributed by atoms with Gasteiger partial charge < -0.3 is 19.7 Å². The first-order valence-electron chi connectivity index (χ1n) is 8.59. The maximum Gasteiger partial charge on any atom is 0.376 e. The molecular formula is C19H32O6. The Kier molecular flexibility index (Phi) is 9.67. The van der Waals surface area contributed by atoms with Gasteiger partial charge in [0.2, 0.25) is 0 Å². The van der Waals surface area contributed by atoms with Crippen molar-refractivity contribution in [1.29, 1.82) is 0 Å². The van der Waals surface area contributed by atoms with Crippen molar-refractivity contribution in [2.24, 2.45) is 17.8 Å². The summed E-state index contributed by atoms with van der Waals surface area (Å²) >= 11 is 0. The second-order valence-electron chi connectivity index (χ2n) is 6.89. The minimum atomic E-state index is -2.46. The van der Waals surface area contributed by atoms with E-state index in [4.69, 9.17) is 9.47 Å². The predicted molar refractivity (Wildman–Crippen MR) is 95.2 cm³/mol. The lowest BCUT2D eigenvalue weighted by atomic mass is 9.83. The van der Waals surface area contributed by atoms with Crippen LogP contribution in [0.25, 0.3) is 0 Å². The van der Waals surface area contributed by atoms with E-state index in [0.717, 1.165) is 12.8 Å². The summed E-state index contributed by atoms with van der Waals surface area (Å²) in [7, 11) is 0. The number of ether oxygens (including phenoxy) is 2. The number of esters is 2. The monoisotopic (exact) mass is 356 g/mol. The maximum atomic E-state index is 12.0. The summed E-state index contributed by atoms with van der Waals surface area (Å²) in [4.78, 5) is 23.9. The molecule has 2 unspecified atom stereocenters. The molecule has 0 aliphatic heterocycles. The average Bonchev–Trinajstić information content (AvgIpc) is 2.50. The van der Waals surface area contributed by atoms with Gasteiger partial charge in [0.25, 0.3) is 0 Å². The molecule has 0 aliphatic carbocycles. The Bertz CT molecular complexity index is 466. The van der Waals surface area contributed by atoms with Crippen molar-refractivity contribution in [3.8, 4) is 0 Å². The van der Waals surface area contributed by atoms with Crippen molar-refractivity contribution in [3.63, 3.8) is 0 Å². The summed E-state index contributed by atoms with van der Waals surface area (Å²) < 4.78 is 10.2. The molecular weight excluding hydrogens is 324 g/mol. The first kappa shape index (κ1) is 23.3. The molecule has 0 aromatic heterocycles. The van der Waals surface area contributed by atoms with Crippen LogP contribution >= 0.6 is 0 Å². The Hall–Kier alpha value is -1.66. The first-order valence-corrected chi connectivity index (χ1v) is 8.59. The molecule has 0 rings (SSSR count). The number of hydrogen-bond acceptors (Lipinski definition) is 6. The molecule has 0 aromatic rings. The lowest BCUT2D eigenvalue weighted by molar-refractivity contribution is -0.355. The van der Waals surface area contributed by atoms with E-state index in [0.29, 0.717) is 6.42 Å². The Labute approximate surface area is 150 Å². The van der Waals surface area contributed by atoms with Crippen molar-refractivity contribution < 1.29 is 29.3 Å². The summed E-state index contributed by atoms with van der Waals surface area (Å²) in [6, 6.07) is 0. The minimum Gasteiger partial charge on any atom is -0.396 e. The molecule has 144 valence electrons. The summed E-state index contributed by atoms with van der Waals surface area (Å²) in [6.07, 6.45) is 1.91. The maximum absolute atomic E-state index is 12.0. The molecule has 6 nitrogen and oxygen atoms in total. The number of aliphatic hydroxyl groups excluding tert-OH is 1. The molecule has 0 bridgehead atoms. The number of hydrogen-bond donors (Lipinski definition) is 2. The molecule has 0 spiro atoms. The van der Waals surface area contributed by atoms with Crippen LogP contribution in [0.2, 0.25) is 0 Å². The largest absolute Gasteiger partial charge is 0.396 e. The van der Waals surface area contributed by atoms with Crippen LogP contribution in [0.3, 0.4) is 0 Å². The van der Waals surface area contributed by atoms with E-state index < -0.39 is 23.8 Å². The van der Waals surface area contributed by atoms with Gasteiger partial charge in [0.05, 0.1) is 5.92 Å². The van der Waals surface area contributed by atoms with E-state index >= 15 is 0 Å². The Morgan fingerprint density at radius 2 is 1.52 bits per heavy atom. The molecule has 0 radical (unpaired) electrons. The van der Waals surface area contributed by atoms with Gasteiger partial charge in [-0.3, -0.25) is 0 Å². The van der Waals surface area contributed by atoms with Gasteiger partial charge in [-0.25, -0.2) is 9.59 Å². The fourth-order valence-electron chi connectivity index (χ4n) is 2.51. The molecule has 2 N–H and O–H groups in total. The molecule has 0 saturated carbocycles. The van der Waals surface area contributed by atoms with Crippen molar-refractivity contribution in [2.75, 3.05) is 6.61 Å². The second kappa shape index (κ2) is 10.4. The number of carbonyl (C=O) groups excluding carboxylic acids is 2. The van der Waals surface area contributed by atoms with Crippen molar-refractivity contribution in [2.45, 2.75) is 59.9 Å². The molecule has 0 fully saturated rings. The average molecular weight is 356 g/mol. The molecule has 0 saturated heterocycles. The predicted octanol–water partition coefficient (Wildman–Crippen LogP) is 2.94. The zero-order valence-electron chi connectivity index (χ0n) is 16.0. The van der Waals surface area contributed by atoms with Gasteiger partial charge in [-0.2, -0.15) is 0 Å². The van der Waals surface area contributed by atoms with Crippen LogP contribution in [-0.2, 0) is 19.1 Å². The molecule has 25 heavy (non-hydrogen) atoms. The van der Waals surface area contributed by atoms with Gasteiger partial charge in [0, 0.05) is 17.8 Å². The third-order valence-electron chi connectivity index (χ3n) is 3.99. The topological polar surface area (TPSA) is 93.1 Å². The van der Waals surface area contributed by atoms with Gasteiger partial charge in [-0.15, -0.1) is 0 Å². The van der Waals surface area contributed by atoms with E-state index in [1.165, 1.54) is 13.8 Å². The summed E-state index contributed by atoms with van der Waals surface area (Å²) in [6.45, 7) is 15.4. The molecule has 0 heterocycles. The normalized spacial score (nSPS) is 13.9. The van der Waals surface area contributed by atoms with Crippen LogP contribution in [0, 0.1) is 17.8 Å². The van der Waals surface area contributed by atoms with Crippen LogP contribution in [0.1, 0.15) is 53.9 Å². The SMILES string of the molecule is C=C(C)C(=O)OC(O)(OC(=O)C(=C)C)C(CC(CO)CCC)C(C)C. The molecule has 6 heteroatoms. The summed E-state index contributed by atoms with van der Waals surface area (Å²) in [5.41, 5.74) is 0.138. The van der Waals surface area contributed by atoms with Crippen molar-refractivity contribution in [1.82, 2.24) is 0 Å². The Balaban J connectivity index is 5.73. The van der Waals surface area contributed by atoms with Gasteiger partial charge in [0.1, 0.15) is 0 Å². The third-order valence-corrected chi connectivity index (χ3v) is 3.99. The van der Waals surface area contributed by atoms with Crippen molar-refractivity contribution >= 4 is 11.9 Å². The van der Waals surface area contributed by atoms with Gasteiger partial charge >= 0.3 is 17.9 Å². The van der Waals surface area contributed by atoms with E-state index in [-0.39, 0.29) is 29.6 Å². The highest BCUT2D eigenvalue weighted by molar-refractivity contribution is 5.88. The zero-order chi connectivity index (χ0) is 19.8. The van der Waals surface area contributed by atoms with Crippen molar-refractivity contribution in [3.05, 3.63) is 24.3 Å². The van der Waals surface area contributed by atoms with Gasteiger partial charge in [0.15, 0.2) is 0 Å². The number of aliphatic hydroxyl groups is 2. The van der Waals surface area contributed by atoms with E-state index in [1.54, 1.807) is 0 Å². The van der Waals surface area contributed by atoms with Crippen LogP contribution in [0.4, 0.5) is 0 Å². The molecule has 0 aliphatic rings. The van der Waals surface area contributed by atoms with Crippen LogP contribution in [0.15, 0.2) is 24.3 Å². The highest BCUT2D eigenvalue weighted by atomic mass is 16.8. The Morgan fingerprint density at radius 3 is 1.80 bits per heavy atom. The fraction of sp³-hybridized carbons (Fsp3) is 0.684. The molecule has 0 aromatic carbocycles. The minimum absolute atomic E-state index is 0.0690. The first-order chi connectivity index (χ1) is 11.5. The standard InChI is InChI=1S/C19H32O6/c1-8-9-15(11-20)10-16(12(2)3)19(23,24-17(21)13(4)5)25-18(22)14(6)7/h12,15-16,20,23H,4,6,8-11H2,1-3,5,7H3. The quantitative estimate of drug-likeness (QED) is 0.336. The third kappa shape index (κ3) is 7.40. The second-order valence-corrected chi connectivity index (χ2v) is 6.89. The summed E-state index contributed by atoms with van der Waals surface area (Å²) in [5.74, 6) is -5.20. The smallest absolute Gasteiger partial charge is 0.376 e. The molecule has 2 atom stereocenters. The van der Waals surface area contributed by atoms with Crippen LogP contribution < -0.4 is 0 Å². The van der Waals surface area contributed by atoms with Gasteiger partial charge in [-0.05, 0) is 38.5 Å².